The largest absolute Gasteiger partial charge is 0.207 e. The average molecular weight is 351 g/mol. The number of hydrogen-bond acceptors (Lipinski definition) is 0. The lowest BCUT2D eigenvalue weighted by Gasteiger charge is -2.12. The summed E-state index contributed by atoms with van der Waals surface area (Å²) in [6.07, 6.45) is 9.60. The lowest BCUT2D eigenvalue weighted by Crippen LogP contribution is -1.92. The lowest BCUT2D eigenvalue weighted by molar-refractivity contribution is 0.627. The Labute approximate surface area is 158 Å². The van der Waals surface area contributed by atoms with Crippen LogP contribution in [0.15, 0.2) is 71.4 Å². The van der Waals surface area contributed by atoms with Crippen molar-refractivity contribution < 1.29 is 4.39 Å². The van der Waals surface area contributed by atoms with Gasteiger partial charge in [0, 0.05) is 0 Å². The molecule has 0 aliphatic heterocycles. The van der Waals surface area contributed by atoms with Crippen LogP contribution >= 0.6 is 0 Å². The van der Waals surface area contributed by atoms with Crippen LogP contribution < -0.4 is 0 Å². The van der Waals surface area contributed by atoms with Crippen molar-refractivity contribution in [1.82, 2.24) is 0 Å². The standard InChI is InChI=1S/C25H31F/c1-7-9-17(2)21(6)18(3)12-13-19(4)23-10-8-11-24(23)25-16-22(26)15-14-20(25)5/h12-16H,2,6-11H2,1,3-5H3/b18-12-,19-13+. The summed E-state index contributed by atoms with van der Waals surface area (Å²) in [7, 11) is 0. The molecule has 0 heterocycles. The number of allylic oxidation sites excluding steroid dienone is 8. The van der Waals surface area contributed by atoms with Crippen LogP contribution in [0, 0.1) is 12.7 Å². The number of rotatable bonds is 7. The summed E-state index contributed by atoms with van der Waals surface area (Å²) < 4.78 is 13.7. The van der Waals surface area contributed by atoms with E-state index in [0.29, 0.717) is 0 Å². The molecule has 0 fully saturated rings. The molecule has 26 heavy (non-hydrogen) atoms. The van der Waals surface area contributed by atoms with Gasteiger partial charge in [0.15, 0.2) is 0 Å². The summed E-state index contributed by atoms with van der Waals surface area (Å²) >= 11 is 0. The van der Waals surface area contributed by atoms with Gasteiger partial charge in [-0.05, 0) is 103 Å². The molecular formula is C25H31F. The van der Waals surface area contributed by atoms with Gasteiger partial charge in [-0.15, -0.1) is 0 Å². The van der Waals surface area contributed by atoms with Gasteiger partial charge >= 0.3 is 0 Å². The first-order valence-corrected chi connectivity index (χ1v) is 9.56. The van der Waals surface area contributed by atoms with Crippen LogP contribution in [-0.4, -0.2) is 0 Å². The monoisotopic (exact) mass is 350 g/mol. The van der Waals surface area contributed by atoms with Gasteiger partial charge in [0.05, 0.1) is 0 Å². The first kappa shape index (κ1) is 20.2. The Morgan fingerprint density at radius 1 is 1.15 bits per heavy atom. The van der Waals surface area contributed by atoms with E-state index in [-0.39, 0.29) is 5.82 Å². The van der Waals surface area contributed by atoms with E-state index in [1.54, 1.807) is 6.07 Å². The smallest absolute Gasteiger partial charge is 0.123 e. The number of hydrogen-bond donors (Lipinski definition) is 0. The molecule has 0 atom stereocenters. The molecular weight excluding hydrogens is 319 g/mol. The van der Waals surface area contributed by atoms with E-state index in [9.17, 15) is 4.39 Å². The Kier molecular flexibility index (Phi) is 6.97. The third kappa shape index (κ3) is 4.72. The van der Waals surface area contributed by atoms with Crippen molar-refractivity contribution in [2.45, 2.75) is 59.8 Å². The fourth-order valence-electron chi connectivity index (χ4n) is 3.58. The lowest BCUT2D eigenvalue weighted by atomic mass is 9.93. The minimum Gasteiger partial charge on any atom is -0.207 e. The molecule has 1 aliphatic rings. The second kappa shape index (κ2) is 8.98. The minimum absolute atomic E-state index is 0.160. The van der Waals surface area contributed by atoms with E-state index in [0.717, 1.165) is 60.0 Å². The van der Waals surface area contributed by atoms with Crippen molar-refractivity contribution in [3.05, 3.63) is 88.3 Å². The number of benzene rings is 1. The highest BCUT2D eigenvalue weighted by atomic mass is 19.1. The quantitative estimate of drug-likeness (QED) is 0.439. The van der Waals surface area contributed by atoms with E-state index >= 15 is 0 Å². The van der Waals surface area contributed by atoms with Crippen molar-refractivity contribution in [2.75, 3.05) is 0 Å². The van der Waals surface area contributed by atoms with Gasteiger partial charge in [0.2, 0.25) is 0 Å². The maximum atomic E-state index is 13.7. The van der Waals surface area contributed by atoms with Gasteiger partial charge in [-0.1, -0.05) is 44.7 Å². The Morgan fingerprint density at radius 2 is 1.88 bits per heavy atom. The van der Waals surface area contributed by atoms with Gasteiger partial charge in [-0.25, -0.2) is 4.39 Å². The second-order valence-electron chi connectivity index (χ2n) is 7.30. The molecule has 1 heteroatoms. The van der Waals surface area contributed by atoms with Crippen LogP contribution in [0.5, 0.6) is 0 Å². The Hall–Kier alpha value is -2.15. The fraction of sp³-hybridized carbons (Fsp3) is 0.360. The molecule has 0 spiro atoms. The van der Waals surface area contributed by atoms with Crippen LogP contribution in [0.2, 0.25) is 0 Å². The van der Waals surface area contributed by atoms with Gasteiger partial charge < -0.3 is 0 Å². The van der Waals surface area contributed by atoms with E-state index in [1.807, 2.05) is 6.07 Å². The van der Waals surface area contributed by atoms with Crippen LogP contribution in [0.25, 0.3) is 5.57 Å². The highest BCUT2D eigenvalue weighted by Gasteiger charge is 2.19. The highest BCUT2D eigenvalue weighted by molar-refractivity contribution is 5.76. The molecule has 1 aromatic carbocycles. The Morgan fingerprint density at radius 3 is 2.58 bits per heavy atom. The topological polar surface area (TPSA) is 0 Å². The third-order valence-corrected chi connectivity index (χ3v) is 5.26. The fourth-order valence-corrected chi connectivity index (χ4v) is 3.58. The molecule has 1 aliphatic carbocycles. The first-order valence-electron chi connectivity index (χ1n) is 9.56. The molecule has 0 unspecified atom stereocenters. The molecule has 0 N–H and O–H groups in total. The number of aryl methyl sites for hydroxylation is 1. The maximum absolute atomic E-state index is 13.7. The van der Waals surface area contributed by atoms with Crippen LogP contribution in [0.3, 0.4) is 0 Å². The van der Waals surface area contributed by atoms with Gasteiger partial charge in [-0.3, -0.25) is 0 Å². The van der Waals surface area contributed by atoms with Gasteiger partial charge in [-0.2, -0.15) is 0 Å². The minimum atomic E-state index is -0.160. The second-order valence-corrected chi connectivity index (χ2v) is 7.30. The van der Waals surface area contributed by atoms with Crippen molar-refractivity contribution in [1.29, 1.82) is 0 Å². The zero-order valence-corrected chi connectivity index (χ0v) is 16.7. The molecule has 0 nitrogen and oxygen atoms in total. The molecule has 0 amide bonds. The normalized spacial score (nSPS) is 15.6. The summed E-state index contributed by atoms with van der Waals surface area (Å²) in [4.78, 5) is 0. The molecule has 2 rings (SSSR count). The van der Waals surface area contributed by atoms with Gasteiger partial charge in [0.1, 0.15) is 5.82 Å². The summed E-state index contributed by atoms with van der Waals surface area (Å²) in [5.41, 5.74) is 9.44. The zero-order valence-electron chi connectivity index (χ0n) is 16.7. The molecule has 1 aromatic rings. The third-order valence-electron chi connectivity index (χ3n) is 5.26. The van der Waals surface area contributed by atoms with Crippen molar-refractivity contribution in [2.24, 2.45) is 0 Å². The molecule has 0 saturated heterocycles. The van der Waals surface area contributed by atoms with Crippen molar-refractivity contribution >= 4 is 5.57 Å². The average Bonchev–Trinajstić information content (AvgIpc) is 3.10. The van der Waals surface area contributed by atoms with Crippen molar-refractivity contribution in [3.8, 4) is 0 Å². The van der Waals surface area contributed by atoms with E-state index in [1.165, 1.54) is 22.8 Å². The molecule has 0 aromatic heterocycles. The van der Waals surface area contributed by atoms with Crippen molar-refractivity contribution in [3.63, 3.8) is 0 Å². The van der Waals surface area contributed by atoms with Crippen LogP contribution in [0.4, 0.5) is 4.39 Å². The molecule has 0 radical (unpaired) electrons. The Balaban J connectivity index is 2.31. The molecule has 0 saturated carbocycles. The Bertz CT molecular complexity index is 799. The summed E-state index contributed by atoms with van der Waals surface area (Å²) in [6.45, 7) is 16.8. The summed E-state index contributed by atoms with van der Waals surface area (Å²) in [6, 6.07) is 5.10. The maximum Gasteiger partial charge on any atom is 0.123 e. The SMILES string of the molecule is C=C(CCC)C(=C)/C(C)=C\C=C(/C)C1=C(c2cc(F)ccc2C)CCC1. The predicted octanol–water partition coefficient (Wildman–Crippen LogP) is 7.88. The molecule has 0 bridgehead atoms. The molecule has 138 valence electrons. The summed E-state index contributed by atoms with van der Waals surface area (Å²) in [5, 5.41) is 0. The van der Waals surface area contributed by atoms with E-state index in [4.69, 9.17) is 0 Å². The van der Waals surface area contributed by atoms with Gasteiger partial charge in [0.25, 0.3) is 0 Å². The zero-order chi connectivity index (χ0) is 19.3. The van der Waals surface area contributed by atoms with Crippen LogP contribution in [0.1, 0.15) is 64.0 Å². The first-order chi connectivity index (χ1) is 12.3. The van der Waals surface area contributed by atoms with Crippen LogP contribution in [-0.2, 0) is 0 Å². The highest BCUT2D eigenvalue weighted by Crippen LogP contribution is 2.39. The summed E-state index contributed by atoms with van der Waals surface area (Å²) in [5.74, 6) is -0.160. The predicted molar refractivity (Wildman–Crippen MR) is 113 cm³/mol. The number of halogens is 1. The van der Waals surface area contributed by atoms with E-state index < -0.39 is 0 Å². The van der Waals surface area contributed by atoms with E-state index in [2.05, 4.69) is 53.0 Å².